The molecule has 126 valence electrons. The molecule has 0 radical (unpaired) electrons. The molecular weight excluding hydrogens is 327 g/mol. The molecule has 2 N–H and O–H groups in total. The minimum atomic E-state index is -4.29. The number of aliphatic imine (C=N–C) groups is 1. The average Bonchev–Trinajstić information content (AvgIpc) is 2.81. The number of halogens is 3. The Morgan fingerprint density at radius 2 is 2.17 bits per heavy atom. The van der Waals surface area contributed by atoms with Crippen LogP contribution in [0.2, 0.25) is 0 Å². The molecule has 0 atom stereocenters. The molecule has 0 fully saturated rings. The Morgan fingerprint density at radius 1 is 1.43 bits per heavy atom. The van der Waals surface area contributed by atoms with Crippen molar-refractivity contribution in [3.63, 3.8) is 0 Å². The molecule has 0 saturated heterocycles. The standard InChI is InChI=1S/C15H18F3N3OS/c1-2-5-21(6-4-15(16,17)18)14(22)10-8-12-11(3-7-23-12)20-13(19)9-10/h3,7-8H,2,4-6,9H2,1H3,(H2,19,20). The highest BCUT2D eigenvalue weighted by molar-refractivity contribution is 7.11. The Bertz CT molecular complexity index is 634. The zero-order valence-electron chi connectivity index (χ0n) is 12.7. The van der Waals surface area contributed by atoms with E-state index >= 15 is 0 Å². The van der Waals surface area contributed by atoms with Crippen LogP contribution in [0, 0.1) is 0 Å². The molecule has 4 nitrogen and oxygen atoms in total. The van der Waals surface area contributed by atoms with E-state index in [2.05, 4.69) is 4.99 Å². The number of carbonyl (C=O) groups is 1. The van der Waals surface area contributed by atoms with Crippen LogP contribution in [-0.2, 0) is 4.79 Å². The fraction of sp³-hybridized carbons (Fsp3) is 0.467. The van der Waals surface area contributed by atoms with Crippen molar-refractivity contribution in [2.75, 3.05) is 13.1 Å². The van der Waals surface area contributed by atoms with E-state index in [0.29, 0.717) is 17.7 Å². The highest BCUT2D eigenvalue weighted by atomic mass is 32.1. The lowest BCUT2D eigenvalue weighted by molar-refractivity contribution is -0.143. The predicted molar refractivity (Wildman–Crippen MR) is 85.7 cm³/mol. The van der Waals surface area contributed by atoms with Gasteiger partial charge in [-0.25, -0.2) is 4.99 Å². The second-order valence-corrected chi connectivity index (χ2v) is 6.22. The number of hydrogen-bond acceptors (Lipinski definition) is 4. The lowest BCUT2D eigenvalue weighted by Gasteiger charge is -2.24. The SMILES string of the molecule is CCCN(CCC(F)(F)F)C(=O)C1=Cc2sccc2N=C(N)C1. The lowest BCUT2D eigenvalue weighted by atomic mass is 10.1. The molecule has 8 heteroatoms. The van der Waals surface area contributed by atoms with E-state index in [9.17, 15) is 18.0 Å². The number of alkyl halides is 3. The lowest BCUT2D eigenvalue weighted by Crippen LogP contribution is -2.36. The third kappa shape index (κ3) is 4.82. The van der Waals surface area contributed by atoms with Gasteiger partial charge in [-0.2, -0.15) is 13.2 Å². The summed E-state index contributed by atoms with van der Waals surface area (Å²) in [5, 5.41) is 1.83. The highest BCUT2D eigenvalue weighted by Crippen LogP contribution is 2.31. The van der Waals surface area contributed by atoms with Crippen molar-refractivity contribution in [3.05, 3.63) is 21.9 Å². The van der Waals surface area contributed by atoms with E-state index in [4.69, 9.17) is 5.73 Å². The molecule has 2 heterocycles. The van der Waals surface area contributed by atoms with Crippen molar-refractivity contribution in [1.29, 1.82) is 0 Å². The van der Waals surface area contributed by atoms with Crippen molar-refractivity contribution >= 4 is 34.8 Å². The quantitative estimate of drug-likeness (QED) is 0.884. The van der Waals surface area contributed by atoms with E-state index < -0.39 is 18.5 Å². The number of fused-ring (bicyclic) bond motifs is 1. The summed E-state index contributed by atoms with van der Waals surface area (Å²) < 4.78 is 37.4. The van der Waals surface area contributed by atoms with Gasteiger partial charge in [0.1, 0.15) is 5.84 Å². The van der Waals surface area contributed by atoms with Crippen LogP contribution in [-0.4, -0.2) is 35.9 Å². The zero-order chi connectivity index (χ0) is 17.0. The van der Waals surface area contributed by atoms with Gasteiger partial charge < -0.3 is 10.6 Å². The first-order valence-electron chi connectivity index (χ1n) is 7.27. The molecule has 1 aliphatic heterocycles. The third-order valence-corrected chi connectivity index (χ3v) is 4.19. The Kier molecular flexibility index (Phi) is 5.46. The summed E-state index contributed by atoms with van der Waals surface area (Å²) in [7, 11) is 0. The Balaban J connectivity index is 2.21. The van der Waals surface area contributed by atoms with Crippen molar-refractivity contribution in [2.45, 2.75) is 32.4 Å². The normalized spacial score (nSPS) is 14.6. The molecule has 0 unspecified atom stereocenters. The van der Waals surface area contributed by atoms with Gasteiger partial charge in [0.05, 0.1) is 17.0 Å². The van der Waals surface area contributed by atoms with Crippen LogP contribution < -0.4 is 5.73 Å². The molecule has 1 aromatic rings. The highest BCUT2D eigenvalue weighted by Gasteiger charge is 2.30. The molecule has 0 aromatic carbocycles. The van der Waals surface area contributed by atoms with Gasteiger partial charge in [0.25, 0.3) is 0 Å². The molecule has 1 aromatic heterocycles. The minimum Gasteiger partial charge on any atom is -0.387 e. The zero-order valence-corrected chi connectivity index (χ0v) is 13.5. The van der Waals surface area contributed by atoms with Crippen molar-refractivity contribution < 1.29 is 18.0 Å². The van der Waals surface area contributed by atoms with Gasteiger partial charge in [-0.3, -0.25) is 4.79 Å². The van der Waals surface area contributed by atoms with Crippen LogP contribution in [0.3, 0.4) is 0 Å². The van der Waals surface area contributed by atoms with E-state index in [-0.39, 0.29) is 25.3 Å². The second kappa shape index (κ2) is 7.16. The smallest absolute Gasteiger partial charge is 0.387 e. The van der Waals surface area contributed by atoms with Crippen LogP contribution in [0.5, 0.6) is 0 Å². The molecule has 1 amide bonds. The number of thiophene rings is 1. The summed E-state index contributed by atoms with van der Waals surface area (Å²) in [6.07, 6.45) is -2.88. The van der Waals surface area contributed by atoms with Crippen LogP contribution in [0.25, 0.3) is 6.08 Å². The summed E-state index contributed by atoms with van der Waals surface area (Å²) >= 11 is 1.41. The van der Waals surface area contributed by atoms with Gasteiger partial charge >= 0.3 is 6.18 Å². The number of amides is 1. The summed E-state index contributed by atoms with van der Waals surface area (Å²) in [5.74, 6) is -0.121. The van der Waals surface area contributed by atoms with Crippen LogP contribution >= 0.6 is 11.3 Å². The van der Waals surface area contributed by atoms with Gasteiger partial charge in [0.2, 0.25) is 5.91 Å². The van der Waals surface area contributed by atoms with Gasteiger partial charge in [0, 0.05) is 25.1 Å². The van der Waals surface area contributed by atoms with Crippen LogP contribution in [0.15, 0.2) is 22.0 Å². The third-order valence-electron chi connectivity index (χ3n) is 3.33. The van der Waals surface area contributed by atoms with Crippen molar-refractivity contribution in [1.82, 2.24) is 4.90 Å². The summed E-state index contributed by atoms with van der Waals surface area (Å²) in [5.41, 5.74) is 6.88. The molecule has 23 heavy (non-hydrogen) atoms. The number of hydrogen-bond donors (Lipinski definition) is 1. The largest absolute Gasteiger partial charge is 0.390 e. The molecule has 2 rings (SSSR count). The van der Waals surface area contributed by atoms with E-state index in [1.165, 1.54) is 16.2 Å². The van der Waals surface area contributed by atoms with Gasteiger partial charge in [0.15, 0.2) is 0 Å². The van der Waals surface area contributed by atoms with Crippen LogP contribution in [0.1, 0.15) is 31.1 Å². The van der Waals surface area contributed by atoms with Crippen LogP contribution in [0.4, 0.5) is 18.9 Å². The Morgan fingerprint density at radius 3 is 2.83 bits per heavy atom. The molecule has 0 saturated carbocycles. The number of nitrogens with zero attached hydrogens (tertiary/aromatic N) is 2. The van der Waals surface area contributed by atoms with E-state index in [0.717, 1.165) is 4.88 Å². The average molecular weight is 345 g/mol. The van der Waals surface area contributed by atoms with Crippen molar-refractivity contribution in [2.24, 2.45) is 10.7 Å². The maximum atomic E-state index is 12.6. The monoisotopic (exact) mass is 345 g/mol. The van der Waals surface area contributed by atoms with E-state index in [1.54, 1.807) is 12.1 Å². The van der Waals surface area contributed by atoms with Crippen molar-refractivity contribution in [3.8, 4) is 0 Å². The second-order valence-electron chi connectivity index (χ2n) is 5.28. The number of amidine groups is 1. The first-order chi connectivity index (χ1) is 10.8. The van der Waals surface area contributed by atoms with Gasteiger partial charge in [-0.05, 0) is 23.9 Å². The molecule has 0 aliphatic carbocycles. The minimum absolute atomic E-state index is 0.145. The molecule has 0 bridgehead atoms. The Hall–Kier alpha value is -1.83. The molecule has 0 spiro atoms. The van der Waals surface area contributed by atoms with Gasteiger partial charge in [-0.15, -0.1) is 11.3 Å². The topological polar surface area (TPSA) is 58.7 Å². The Labute approximate surface area is 136 Å². The number of carbonyl (C=O) groups excluding carboxylic acids is 1. The summed E-state index contributed by atoms with van der Waals surface area (Å²) in [6.45, 7) is 1.75. The maximum Gasteiger partial charge on any atom is 0.390 e. The summed E-state index contributed by atoms with van der Waals surface area (Å²) in [4.78, 5) is 18.9. The fourth-order valence-electron chi connectivity index (χ4n) is 2.30. The predicted octanol–water partition coefficient (Wildman–Crippen LogP) is 3.71. The summed E-state index contributed by atoms with van der Waals surface area (Å²) in [6, 6.07) is 1.80. The van der Waals surface area contributed by atoms with E-state index in [1.807, 2.05) is 12.3 Å². The number of nitrogens with two attached hydrogens (primary N) is 1. The maximum absolute atomic E-state index is 12.6. The first kappa shape index (κ1) is 17.5. The first-order valence-corrected chi connectivity index (χ1v) is 8.15. The van der Waals surface area contributed by atoms with Gasteiger partial charge in [-0.1, -0.05) is 6.92 Å². The molecule has 1 aliphatic rings. The molecular formula is C15H18F3N3OS. The fourth-order valence-corrected chi connectivity index (χ4v) is 3.09. The number of rotatable bonds is 5.